The summed E-state index contributed by atoms with van der Waals surface area (Å²) in [6.07, 6.45) is 5.62. The average molecular weight is 193 g/mol. The molecule has 14 heavy (non-hydrogen) atoms. The van der Waals surface area contributed by atoms with Crippen LogP contribution in [0.3, 0.4) is 0 Å². The van der Waals surface area contributed by atoms with Gasteiger partial charge in [-0.2, -0.15) is 0 Å². The van der Waals surface area contributed by atoms with Gasteiger partial charge in [-0.1, -0.05) is 13.8 Å². The van der Waals surface area contributed by atoms with Gasteiger partial charge in [0.05, 0.1) is 17.6 Å². The second-order valence-corrected chi connectivity index (χ2v) is 3.86. The SMILES string of the molecule is CCC(C)(CC)Nc1cnccc1N. The van der Waals surface area contributed by atoms with Crippen LogP contribution in [0.4, 0.5) is 11.4 Å². The molecule has 0 amide bonds. The number of nitrogens with one attached hydrogen (secondary N) is 1. The highest BCUT2D eigenvalue weighted by Crippen LogP contribution is 2.24. The van der Waals surface area contributed by atoms with Crippen LogP contribution in [0, 0.1) is 0 Å². The molecule has 3 N–H and O–H groups in total. The number of nitrogens with zero attached hydrogens (tertiary/aromatic N) is 1. The van der Waals surface area contributed by atoms with Gasteiger partial charge in [-0.05, 0) is 25.8 Å². The summed E-state index contributed by atoms with van der Waals surface area (Å²) in [6, 6.07) is 1.81. The Kier molecular flexibility index (Phi) is 3.33. The van der Waals surface area contributed by atoms with Crippen molar-refractivity contribution in [2.45, 2.75) is 39.2 Å². The average Bonchev–Trinajstić information content (AvgIpc) is 2.21. The van der Waals surface area contributed by atoms with Crippen LogP contribution in [0.5, 0.6) is 0 Å². The maximum Gasteiger partial charge on any atom is 0.0764 e. The Morgan fingerprint density at radius 3 is 2.57 bits per heavy atom. The van der Waals surface area contributed by atoms with E-state index in [-0.39, 0.29) is 5.54 Å². The van der Waals surface area contributed by atoms with Crippen LogP contribution < -0.4 is 11.1 Å². The molecule has 0 saturated carbocycles. The molecule has 0 atom stereocenters. The lowest BCUT2D eigenvalue weighted by Crippen LogP contribution is -2.33. The van der Waals surface area contributed by atoms with Crippen molar-refractivity contribution < 1.29 is 0 Å². The van der Waals surface area contributed by atoms with Crippen LogP contribution in [0.1, 0.15) is 33.6 Å². The molecule has 1 aromatic heterocycles. The molecule has 0 aliphatic heterocycles. The molecule has 0 unspecified atom stereocenters. The Labute approximate surface area is 85.7 Å². The predicted molar refractivity (Wildman–Crippen MR) is 61.3 cm³/mol. The minimum atomic E-state index is 0.108. The molecule has 1 aromatic rings. The minimum absolute atomic E-state index is 0.108. The van der Waals surface area contributed by atoms with Crippen molar-refractivity contribution in [2.75, 3.05) is 11.1 Å². The molecule has 1 rings (SSSR count). The highest BCUT2D eigenvalue weighted by molar-refractivity contribution is 5.65. The van der Waals surface area contributed by atoms with Crippen LogP contribution in [-0.2, 0) is 0 Å². The first kappa shape index (κ1) is 10.8. The molecule has 0 radical (unpaired) electrons. The Morgan fingerprint density at radius 2 is 2.07 bits per heavy atom. The molecule has 0 aromatic carbocycles. The standard InChI is InChI=1S/C11H19N3/c1-4-11(3,5-2)14-10-8-13-7-6-9(10)12/h6-8,14H,4-5H2,1-3H3,(H2,12,13). The second-order valence-electron chi connectivity index (χ2n) is 3.86. The van der Waals surface area contributed by atoms with Crippen molar-refractivity contribution in [3.63, 3.8) is 0 Å². The molecule has 0 bridgehead atoms. The van der Waals surface area contributed by atoms with Gasteiger partial charge in [0.25, 0.3) is 0 Å². The van der Waals surface area contributed by atoms with Gasteiger partial charge in [0, 0.05) is 11.7 Å². The quantitative estimate of drug-likeness (QED) is 0.773. The van der Waals surface area contributed by atoms with Crippen molar-refractivity contribution in [3.05, 3.63) is 18.5 Å². The Morgan fingerprint density at radius 1 is 1.43 bits per heavy atom. The first-order valence-corrected chi connectivity index (χ1v) is 5.09. The summed E-state index contributed by atoms with van der Waals surface area (Å²) in [6.45, 7) is 6.53. The lowest BCUT2D eigenvalue weighted by Gasteiger charge is -2.29. The van der Waals surface area contributed by atoms with Crippen molar-refractivity contribution in [2.24, 2.45) is 0 Å². The highest BCUT2D eigenvalue weighted by Gasteiger charge is 2.19. The summed E-state index contributed by atoms with van der Waals surface area (Å²) in [7, 11) is 0. The summed E-state index contributed by atoms with van der Waals surface area (Å²) >= 11 is 0. The maximum absolute atomic E-state index is 5.83. The molecule has 78 valence electrons. The first-order valence-electron chi connectivity index (χ1n) is 5.09. The molecule has 0 fully saturated rings. The van der Waals surface area contributed by atoms with Crippen molar-refractivity contribution in [3.8, 4) is 0 Å². The fourth-order valence-electron chi connectivity index (χ4n) is 1.26. The molecule has 1 heterocycles. The number of pyridine rings is 1. The molecule has 0 saturated heterocycles. The molecule has 3 heteroatoms. The zero-order chi connectivity index (χ0) is 10.6. The topological polar surface area (TPSA) is 50.9 Å². The number of nitrogens with two attached hydrogens (primary N) is 1. The third-order valence-corrected chi connectivity index (χ3v) is 2.85. The van der Waals surface area contributed by atoms with Crippen LogP contribution in [0.25, 0.3) is 0 Å². The van der Waals surface area contributed by atoms with E-state index in [2.05, 4.69) is 31.1 Å². The fourth-order valence-corrected chi connectivity index (χ4v) is 1.26. The molecular weight excluding hydrogens is 174 g/mol. The zero-order valence-corrected chi connectivity index (χ0v) is 9.17. The Balaban J connectivity index is 2.82. The van der Waals surface area contributed by atoms with Gasteiger partial charge >= 0.3 is 0 Å². The lowest BCUT2D eigenvalue weighted by atomic mass is 9.95. The number of rotatable bonds is 4. The summed E-state index contributed by atoms with van der Waals surface area (Å²) in [5.41, 5.74) is 7.63. The normalized spacial score (nSPS) is 11.4. The van der Waals surface area contributed by atoms with Crippen molar-refractivity contribution in [1.29, 1.82) is 0 Å². The number of aromatic nitrogens is 1. The predicted octanol–water partition coefficient (Wildman–Crippen LogP) is 2.65. The molecule has 3 nitrogen and oxygen atoms in total. The Bertz CT molecular complexity index is 292. The molecule has 0 spiro atoms. The van der Waals surface area contributed by atoms with Gasteiger partial charge in [-0.15, -0.1) is 0 Å². The van der Waals surface area contributed by atoms with Gasteiger partial charge in [0.1, 0.15) is 0 Å². The first-order chi connectivity index (χ1) is 6.61. The van der Waals surface area contributed by atoms with Gasteiger partial charge in [-0.25, -0.2) is 0 Å². The summed E-state index contributed by atoms with van der Waals surface area (Å²) < 4.78 is 0. The van der Waals surface area contributed by atoms with Gasteiger partial charge in [0.2, 0.25) is 0 Å². The number of nitrogen functional groups attached to an aromatic ring is 1. The monoisotopic (exact) mass is 193 g/mol. The number of hydrogen-bond donors (Lipinski definition) is 2. The molecular formula is C11H19N3. The van der Waals surface area contributed by atoms with Gasteiger partial charge < -0.3 is 11.1 Å². The van der Waals surface area contributed by atoms with Crippen LogP contribution >= 0.6 is 0 Å². The van der Waals surface area contributed by atoms with Crippen LogP contribution in [-0.4, -0.2) is 10.5 Å². The summed E-state index contributed by atoms with van der Waals surface area (Å²) in [4.78, 5) is 4.06. The van der Waals surface area contributed by atoms with Crippen LogP contribution in [0.15, 0.2) is 18.5 Å². The summed E-state index contributed by atoms with van der Waals surface area (Å²) in [5.74, 6) is 0. The lowest BCUT2D eigenvalue weighted by molar-refractivity contribution is 0.478. The van der Waals surface area contributed by atoms with Crippen LogP contribution in [0.2, 0.25) is 0 Å². The fraction of sp³-hybridized carbons (Fsp3) is 0.545. The van der Waals surface area contributed by atoms with Gasteiger partial charge in [-0.3, -0.25) is 4.98 Å². The van der Waals surface area contributed by atoms with Crippen molar-refractivity contribution >= 4 is 11.4 Å². The third kappa shape index (κ3) is 2.37. The van der Waals surface area contributed by atoms with Crippen molar-refractivity contribution in [1.82, 2.24) is 4.98 Å². The zero-order valence-electron chi connectivity index (χ0n) is 9.17. The number of hydrogen-bond acceptors (Lipinski definition) is 3. The van der Waals surface area contributed by atoms with E-state index in [0.29, 0.717) is 0 Å². The van der Waals surface area contributed by atoms with Gasteiger partial charge in [0.15, 0.2) is 0 Å². The molecule has 0 aliphatic carbocycles. The van der Waals surface area contributed by atoms with E-state index in [1.807, 2.05) is 6.07 Å². The van der Waals surface area contributed by atoms with E-state index in [1.54, 1.807) is 12.4 Å². The minimum Gasteiger partial charge on any atom is -0.397 e. The Hall–Kier alpha value is -1.25. The van der Waals surface area contributed by atoms with E-state index in [0.717, 1.165) is 24.2 Å². The number of anilines is 2. The third-order valence-electron chi connectivity index (χ3n) is 2.85. The van der Waals surface area contributed by atoms with E-state index in [4.69, 9.17) is 5.73 Å². The largest absolute Gasteiger partial charge is 0.397 e. The molecule has 0 aliphatic rings. The van der Waals surface area contributed by atoms with E-state index < -0.39 is 0 Å². The van der Waals surface area contributed by atoms with E-state index >= 15 is 0 Å². The maximum atomic E-state index is 5.83. The van der Waals surface area contributed by atoms with E-state index in [1.165, 1.54) is 0 Å². The summed E-state index contributed by atoms with van der Waals surface area (Å²) in [5, 5.41) is 3.44. The highest BCUT2D eigenvalue weighted by atomic mass is 15.0. The van der Waals surface area contributed by atoms with E-state index in [9.17, 15) is 0 Å². The second kappa shape index (κ2) is 4.31. The smallest absolute Gasteiger partial charge is 0.0764 e.